The van der Waals surface area contributed by atoms with Crippen LogP contribution < -0.4 is 10.9 Å². The number of nitrogens with two attached hydrogens (primary N) is 1. The van der Waals surface area contributed by atoms with Crippen LogP contribution >= 0.6 is 0 Å². The van der Waals surface area contributed by atoms with Gasteiger partial charge in [0.05, 0.1) is 6.54 Å². The lowest BCUT2D eigenvalue weighted by molar-refractivity contribution is 0.841. The molecular weight excluding hydrogens is 223 g/mol. The van der Waals surface area contributed by atoms with Crippen LogP contribution in [0, 0.1) is 0 Å². The molecule has 0 spiro atoms. The zero-order valence-corrected chi connectivity index (χ0v) is 11.0. The van der Waals surface area contributed by atoms with Crippen molar-refractivity contribution in [1.82, 2.24) is 5.23 Å². The number of nitrogens with zero attached hydrogens (tertiary/aromatic N) is 2. The van der Waals surface area contributed by atoms with Crippen molar-refractivity contribution < 1.29 is 0 Å². The summed E-state index contributed by atoms with van der Waals surface area (Å²) in [6.07, 6.45) is 3.76. The Morgan fingerprint density at radius 3 is 2.39 bits per heavy atom. The highest BCUT2D eigenvalue weighted by atomic mass is 14.9. The number of hydrogen-bond acceptors (Lipinski definition) is 4. The van der Waals surface area contributed by atoms with Crippen molar-refractivity contribution in [2.24, 2.45) is 15.6 Å². The Balaban J connectivity index is 2.45. The van der Waals surface area contributed by atoms with Gasteiger partial charge in [-0.2, -0.15) is 0 Å². The molecule has 1 aromatic rings. The molecule has 0 saturated carbocycles. The molecule has 0 amide bonds. The summed E-state index contributed by atoms with van der Waals surface area (Å²) in [6.45, 7) is 5.59. The number of benzene rings is 1. The molecule has 5 heteroatoms. The second-order valence-corrected chi connectivity index (χ2v) is 4.19. The molecule has 0 aliphatic rings. The van der Waals surface area contributed by atoms with E-state index in [0.29, 0.717) is 12.6 Å². The van der Waals surface area contributed by atoms with Crippen molar-refractivity contribution >= 4 is 20.0 Å². The first-order valence-corrected chi connectivity index (χ1v) is 6.12. The zero-order valence-electron chi connectivity index (χ0n) is 11.0. The Morgan fingerprint density at radius 2 is 1.83 bits per heavy atom. The fourth-order valence-corrected chi connectivity index (χ4v) is 1.29. The molecule has 0 aliphatic carbocycles. The molecule has 4 nitrogen and oxygen atoms in total. The topological polar surface area (TPSA) is 62.8 Å². The highest BCUT2D eigenvalue weighted by Crippen LogP contribution is 2.01. The maximum atomic E-state index is 5.19. The summed E-state index contributed by atoms with van der Waals surface area (Å²) in [7, 11) is 1.43. The lowest BCUT2D eigenvalue weighted by atomic mass is 10.1. The SMILES string of the molecule is CC(C)N=Cc1ccc(C=NCCN[B]N)cc1. The molecule has 18 heavy (non-hydrogen) atoms. The third kappa shape index (κ3) is 6.32. The van der Waals surface area contributed by atoms with Gasteiger partial charge in [-0.05, 0) is 25.0 Å². The van der Waals surface area contributed by atoms with Gasteiger partial charge < -0.3 is 10.9 Å². The van der Waals surface area contributed by atoms with E-state index in [9.17, 15) is 0 Å². The van der Waals surface area contributed by atoms with E-state index in [0.717, 1.165) is 17.7 Å². The molecule has 0 heterocycles. The number of rotatable bonds is 7. The van der Waals surface area contributed by atoms with Crippen LogP contribution in [0.2, 0.25) is 0 Å². The van der Waals surface area contributed by atoms with Crippen LogP contribution in [0.3, 0.4) is 0 Å². The fourth-order valence-electron chi connectivity index (χ4n) is 1.29. The number of nitrogens with one attached hydrogen (secondary N) is 1. The Bertz CT molecular complexity index is 384. The van der Waals surface area contributed by atoms with Gasteiger partial charge in [-0.1, -0.05) is 24.3 Å². The lowest BCUT2D eigenvalue weighted by Gasteiger charge is -1.98. The van der Waals surface area contributed by atoms with E-state index in [-0.39, 0.29) is 0 Å². The molecule has 1 radical (unpaired) electrons. The molecular formula is C13H20BN4. The summed E-state index contributed by atoms with van der Waals surface area (Å²) in [4.78, 5) is 8.62. The van der Waals surface area contributed by atoms with Crippen molar-refractivity contribution in [2.75, 3.05) is 13.1 Å². The summed E-state index contributed by atoms with van der Waals surface area (Å²) in [5.74, 6) is 0. The van der Waals surface area contributed by atoms with Crippen molar-refractivity contribution in [3.63, 3.8) is 0 Å². The van der Waals surface area contributed by atoms with Crippen molar-refractivity contribution in [1.29, 1.82) is 0 Å². The first-order valence-electron chi connectivity index (χ1n) is 6.12. The van der Waals surface area contributed by atoms with Gasteiger partial charge in [-0.25, -0.2) is 0 Å². The first-order chi connectivity index (χ1) is 8.72. The summed E-state index contributed by atoms with van der Waals surface area (Å²) in [5, 5.41) is 2.89. The molecule has 0 aromatic heterocycles. The van der Waals surface area contributed by atoms with E-state index in [1.54, 1.807) is 0 Å². The largest absolute Gasteiger partial charge is 0.360 e. The first kappa shape index (κ1) is 14.6. The van der Waals surface area contributed by atoms with Crippen LogP contribution in [0.5, 0.6) is 0 Å². The van der Waals surface area contributed by atoms with Crippen molar-refractivity contribution in [2.45, 2.75) is 19.9 Å². The smallest absolute Gasteiger partial charge is 0.304 e. The van der Waals surface area contributed by atoms with Gasteiger partial charge in [0.2, 0.25) is 0 Å². The van der Waals surface area contributed by atoms with Gasteiger partial charge in [0.15, 0.2) is 0 Å². The van der Waals surface area contributed by atoms with E-state index in [1.807, 2.05) is 36.7 Å². The van der Waals surface area contributed by atoms with Gasteiger partial charge in [0.1, 0.15) is 0 Å². The standard InChI is InChI=1S/C13H20BN4/c1-11(2)17-10-13-5-3-12(4-6-13)9-16-7-8-18-14-15/h3-6,9-11,18H,7-8,15H2,1-2H3. The summed E-state index contributed by atoms with van der Waals surface area (Å²) in [6, 6.07) is 8.48. The highest BCUT2D eigenvalue weighted by molar-refractivity contribution is 6.27. The van der Waals surface area contributed by atoms with Gasteiger partial charge >= 0.3 is 7.55 Å². The van der Waals surface area contributed by atoms with Crippen LogP contribution in [0.1, 0.15) is 25.0 Å². The van der Waals surface area contributed by atoms with Gasteiger partial charge in [0.25, 0.3) is 0 Å². The molecule has 0 bridgehead atoms. The van der Waals surface area contributed by atoms with Crippen LogP contribution in [0.15, 0.2) is 34.3 Å². The average Bonchev–Trinajstić information content (AvgIpc) is 2.37. The maximum Gasteiger partial charge on any atom is 0.304 e. The lowest BCUT2D eigenvalue weighted by Crippen LogP contribution is -2.29. The summed E-state index contributed by atoms with van der Waals surface area (Å²) in [5.41, 5.74) is 7.39. The van der Waals surface area contributed by atoms with Crippen LogP contribution in [-0.4, -0.2) is 39.1 Å². The Kier molecular flexibility index (Phi) is 6.99. The molecule has 95 valence electrons. The minimum absolute atomic E-state index is 0.332. The van der Waals surface area contributed by atoms with Crippen LogP contribution in [0.25, 0.3) is 0 Å². The van der Waals surface area contributed by atoms with E-state index < -0.39 is 0 Å². The predicted octanol–water partition coefficient (Wildman–Crippen LogP) is 1.02. The second kappa shape index (κ2) is 8.61. The zero-order chi connectivity index (χ0) is 13.2. The van der Waals surface area contributed by atoms with Crippen molar-refractivity contribution in [3.8, 4) is 0 Å². The summed E-state index contributed by atoms with van der Waals surface area (Å²) < 4.78 is 0. The predicted molar refractivity (Wildman–Crippen MR) is 79.6 cm³/mol. The minimum Gasteiger partial charge on any atom is -0.360 e. The monoisotopic (exact) mass is 243 g/mol. The van der Waals surface area contributed by atoms with Crippen LogP contribution in [0.4, 0.5) is 0 Å². The minimum atomic E-state index is 0.332. The van der Waals surface area contributed by atoms with E-state index in [1.165, 1.54) is 7.55 Å². The van der Waals surface area contributed by atoms with Crippen LogP contribution in [-0.2, 0) is 0 Å². The van der Waals surface area contributed by atoms with Crippen molar-refractivity contribution in [3.05, 3.63) is 35.4 Å². The second-order valence-electron chi connectivity index (χ2n) is 4.19. The Labute approximate surface area is 110 Å². The fraction of sp³-hybridized carbons (Fsp3) is 0.385. The van der Waals surface area contributed by atoms with Gasteiger partial charge in [0, 0.05) is 25.0 Å². The average molecular weight is 243 g/mol. The molecule has 0 saturated heterocycles. The quantitative estimate of drug-likeness (QED) is 0.426. The maximum absolute atomic E-state index is 5.19. The van der Waals surface area contributed by atoms with E-state index in [4.69, 9.17) is 5.64 Å². The molecule has 3 N–H and O–H groups in total. The molecule has 1 aromatic carbocycles. The van der Waals surface area contributed by atoms with Gasteiger partial charge in [-0.3, -0.25) is 9.98 Å². The Morgan fingerprint density at radius 1 is 1.22 bits per heavy atom. The molecule has 0 atom stereocenters. The number of hydrogen-bond donors (Lipinski definition) is 2. The third-order valence-corrected chi connectivity index (χ3v) is 2.20. The van der Waals surface area contributed by atoms with E-state index in [2.05, 4.69) is 29.1 Å². The molecule has 0 fully saturated rings. The third-order valence-electron chi connectivity index (χ3n) is 2.20. The molecule has 0 aliphatic heterocycles. The van der Waals surface area contributed by atoms with Gasteiger partial charge in [-0.15, -0.1) is 0 Å². The highest BCUT2D eigenvalue weighted by Gasteiger charge is 1.91. The molecule has 0 unspecified atom stereocenters. The Hall–Kier alpha value is -1.46. The number of aliphatic imine (C=N–C) groups is 2. The molecule has 1 rings (SSSR count). The summed E-state index contributed by atoms with van der Waals surface area (Å²) >= 11 is 0. The van der Waals surface area contributed by atoms with E-state index >= 15 is 0 Å². The normalized spacial score (nSPS) is 11.8.